The summed E-state index contributed by atoms with van der Waals surface area (Å²) in [5, 5.41) is 12.8. The van der Waals surface area contributed by atoms with Gasteiger partial charge in [-0.15, -0.1) is 0 Å². The Hall–Kier alpha value is -6.03. The van der Waals surface area contributed by atoms with Gasteiger partial charge in [-0.2, -0.15) is 23.1 Å². The molecule has 0 unspecified atom stereocenters. The molecule has 2 saturated heterocycles. The minimum absolute atomic E-state index is 0.0195. The number of esters is 1. The molecule has 308 valence electrons. The van der Waals surface area contributed by atoms with Gasteiger partial charge in [-0.25, -0.2) is 13.6 Å². The van der Waals surface area contributed by atoms with Gasteiger partial charge in [-0.1, -0.05) is 17.9 Å². The second-order valence-electron chi connectivity index (χ2n) is 14.5. The summed E-state index contributed by atoms with van der Waals surface area (Å²) in [6.07, 6.45) is -4.76. The van der Waals surface area contributed by atoms with Gasteiger partial charge in [-0.05, 0) is 64.1 Å². The van der Waals surface area contributed by atoms with E-state index in [0.717, 1.165) is 12.1 Å². The lowest BCUT2D eigenvalue weighted by Crippen LogP contribution is -2.57. The zero-order valence-corrected chi connectivity index (χ0v) is 32.0. The predicted molar refractivity (Wildman–Crippen MR) is 198 cm³/mol. The van der Waals surface area contributed by atoms with Crippen LogP contribution in [-0.2, 0) is 19.0 Å². The van der Waals surface area contributed by atoms with Crippen LogP contribution in [0.5, 0.6) is 11.8 Å². The maximum atomic E-state index is 17.4. The highest BCUT2D eigenvalue weighted by atomic mass is 19.4. The number of alkyl halides is 3. The number of carbonyl (C=O) groups is 2. The van der Waals surface area contributed by atoms with Gasteiger partial charge < -0.3 is 28.6 Å². The van der Waals surface area contributed by atoms with Crippen LogP contribution in [0.15, 0.2) is 30.3 Å². The first-order valence-electron chi connectivity index (χ1n) is 18.1. The van der Waals surface area contributed by atoms with E-state index in [-0.39, 0.29) is 65.3 Å². The lowest BCUT2D eigenvalue weighted by molar-refractivity contribution is -0.384. The number of piperazine rings is 1. The molecule has 3 heterocycles. The first-order valence-corrected chi connectivity index (χ1v) is 18.1. The monoisotopic (exact) mass is 815 g/mol. The number of nitro groups is 1. The molecule has 0 spiro atoms. The Balaban J connectivity index is 1.59. The number of methoxy groups -OCH3 is 1. The van der Waals surface area contributed by atoms with Gasteiger partial charge in [0.15, 0.2) is 19.2 Å². The van der Waals surface area contributed by atoms with Crippen LogP contribution in [0.3, 0.4) is 0 Å². The van der Waals surface area contributed by atoms with Crippen molar-refractivity contribution in [2.24, 2.45) is 0 Å². The standard InChI is InChI=1S/C39H38F5N5O9/c1-6-55-30(50)9-7-8-25-28(40)13-10-21-14-24(57-20-54-5)15-26(31(21)25)32-29(49(52)53)16-27-34(33(32)41)45-36(56-19-39(42,43)44)46-35(27)47-17-22-11-12-23(18-47)48(22)37(51)58-38(2,3)4/h10,13-16,22-23H,6,9,11-12,17-20H2,1-5H3/t22-,23+. The molecule has 1 aromatic heterocycles. The molecule has 0 radical (unpaired) electrons. The van der Waals surface area contributed by atoms with Crippen molar-refractivity contribution >= 4 is 45.2 Å². The number of hydrogen-bond donors (Lipinski definition) is 0. The largest absolute Gasteiger partial charge is 0.468 e. The van der Waals surface area contributed by atoms with Crippen LogP contribution in [-0.4, -0.2) is 95.9 Å². The quantitative estimate of drug-likeness (QED) is 0.0390. The minimum Gasteiger partial charge on any atom is -0.468 e. The summed E-state index contributed by atoms with van der Waals surface area (Å²) in [5.74, 6) is 1.97. The Labute approximate surface area is 328 Å². The van der Waals surface area contributed by atoms with Gasteiger partial charge in [0.05, 0.1) is 40.1 Å². The van der Waals surface area contributed by atoms with Crippen LogP contribution in [0, 0.1) is 33.6 Å². The number of amides is 1. The lowest BCUT2D eigenvalue weighted by Gasteiger charge is -2.42. The molecule has 2 atom stereocenters. The molecular formula is C39H38F5N5O9. The Morgan fingerprint density at radius 2 is 1.74 bits per heavy atom. The first kappa shape index (κ1) is 41.6. The zero-order chi connectivity index (χ0) is 42.1. The fraction of sp³-hybridized carbons (Fsp3) is 0.436. The second-order valence-corrected chi connectivity index (χ2v) is 14.5. The molecule has 6 rings (SSSR count). The summed E-state index contributed by atoms with van der Waals surface area (Å²) < 4.78 is 99.3. The zero-order valence-electron chi connectivity index (χ0n) is 32.0. The van der Waals surface area contributed by atoms with Gasteiger partial charge in [0.25, 0.3) is 5.69 Å². The van der Waals surface area contributed by atoms with Crippen molar-refractivity contribution in [3.05, 3.63) is 57.6 Å². The van der Waals surface area contributed by atoms with Gasteiger partial charge in [-0.3, -0.25) is 19.8 Å². The lowest BCUT2D eigenvalue weighted by atomic mass is 9.91. The van der Waals surface area contributed by atoms with Crippen molar-refractivity contribution in [3.63, 3.8) is 0 Å². The number of ether oxygens (including phenoxy) is 5. The Kier molecular flexibility index (Phi) is 11.8. The van der Waals surface area contributed by atoms with Crippen molar-refractivity contribution in [1.29, 1.82) is 0 Å². The summed E-state index contributed by atoms with van der Waals surface area (Å²) in [4.78, 5) is 48.6. The third-order valence-electron chi connectivity index (χ3n) is 9.22. The number of rotatable bonds is 10. The van der Waals surface area contributed by atoms with Crippen LogP contribution < -0.4 is 14.4 Å². The average Bonchev–Trinajstić information content (AvgIpc) is 3.41. The Bertz CT molecular complexity index is 2330. The maximum Gasteiger partial charge on any atom is 0.422 e. The van der Waals surface area contributed by atoms with Crippen molar-refractivity contribution in [3.8, 4) is 34.7 Å². The maximum absolute atomic E-state index is 17.4. The average molecular weight is 816 g/mol. The van der Waals surface area contributed by atoms with Crippen LogP contribution in [0.1, 0.15) is 52.5 Å². The van der Waals surface area contributed by atoms with Crippen LogP contribution >= 0.6 is 0 Å². The molecule has 0 aliphatic carbocycles. The Morgan fingerprint density at radius 1 is 1.03 bits per heavy atom. The molecule has 0 saturated carbocycles. The molecule has 2 bridgehead atoms. The van der Waals surface area contributed by atoms with Crippen LogP contribution in [0.25, 0.3) is 32.8 Å². The first-order chi connectivity index (χ1) is 27.4. The van der Waals surface area contributed by atoms with E-state index >= 15 is 8.78 Å². The molecule has 19 heteroatoms. The summed E-state index contributed by atoms with van der Waals surface area (Å²) in [6, 6.07) is 4.22. The highest BCUT2D eigenvalue weighted by Gasteiger charge is 2.45. The molecule has 2 aliphatic rings. The van der Waals surface area contributed by atoms with E-state index < -0.39 is 88.3 Å². The Morgan fingerprint density at radius 3 is 2.36 bits per heavy atom. The van der Waals surface area contributed by atoms with Crippen molar-refractivity contribution in [2.75, 3.05) is 45.1 Å². The highest BCUT2D eigenvalue weighted by Crippen LogP contribution is 2.46. The SMILES string of the molecule is CCOC(=O)CC#Cc1c(F)ccc2cc(OCOC)cc(-c3c([N+](=O)[O-])cc4c(N5C[C@H]6CC[C@@H](C5)N6C(=O)OC(C)(C)C)nc(OCC(F)(F)F)nc4c3F)c12. The predicted octanol–water partition coefficient (Wildman–Crippen LogP) is 7.45. The van der Waals surface area contributed by atoms with E-state index in [1.165, 1.54) is 25.3 Å². The second kappa shape index (κ2) is 16.4. The molecule has 2 fully saturated rings. The molecule has 0 N–H and O–H groups in total. The van der Waals surface area contributed by atoms with E-state index in [1.807, 2.05) is 0 Å². The van der Waals surface area contributed by atoms with Crippen molar-refractivity contribution in [1.82, 2.24) is 14.9 Å². The summed E-state index contributed by atoms with van der Waals surface area (Å²) >= 11 is 0. The molecule has 4 aromatic rings. The summed E-state index contributed by atoms with van der Waals surface area (Å²) in [7, 11) is 1.33. The topological polar surface area (TPSA) is 156 Å². The molecule has 1 amide bonds. The molecule has 2 aliphatic heterocycles. The van der Waals surface area contributed by atoms with E-state index in [0.29, 0.717) is 12.8 Å². The number of benzene rings is 3. The molecule has 58 heavy (non-hydrogen) atoms. The number of nitro benzene ring substituents is 1. The minimum atomic E-state index is -4.84. The number of carbonyl (C=O) groups excluding carboxylic acids is 2. The number of aromatic nitrogens is 2. The number of anilines is 1. The number of hydrogen-bond acceptors (Lipinski definition) is 12. The van der Waals surface area contributed by atoms with Crippen LogP contribution in [0.2, 0.25) is 0 Å². The third-order valence-corrected chi connectivity index (χ3v) is 9.22. The fourth-order valence-corrected chi connectivity index (χ4v) is 7.08. The van der Waals surface area contributed by atoms with Gasteiger partial charge in [0, 0.05) is 37.2 Å². The van der Waals surface area contributed by atoms with Crippen molar-refractivity contribution in [2.45, 2.75) is 70.8 Å². The fourth-order valence-electron chi connectivity index (χ4n) is 7.08. The van der Waals surface area contributed by atoms with E-state index in [2.05, 4.69) is 21.8 Å². The van der Waals surface area contributed by atoms with E-state index in [1.54, 1.807) is 37.5 Å². The van der Waals surface area contributed by atoms with E-state index in [4.69, 9.17) is 23.7 Å². The number of fused-ring (bicyclic) bond motifs is 4. The highest BCUT2D eigenvalue weighted by molar-refractivity contribution is 6.06. The van der Waals surface area contributed by atoms with Crippen molar-refractivity contribution < 1.29 is 60.1 Å². The van der Waals surface area contributed by atoms with Crippen LogP contribution in [0.4, 0.5) is 38.3 Å². The summed E-state index contributed by atoms with van der Waals surface area (Å²) in [5.41, 5.74) is -3.65. The number of nitrogens with zero attached hydrogens (tertiary/aromatic N) is 5. The molecular weight excluding hydrogens is 777 g/mol. The number of halogens is 5. The van der Waals surface area contributed by atoms with Gasteiger partial charge in [0.1, 0.15) is 34.9 Å². The van der Waals surface area contributed by atoms with Gasteiger partial charge >= 0.3 is 24.2 Å². The normalized spacial score (nSPS) is 16.6. The third kappa shape index (κ3) is 8.91. The summed E-state index contributed by atoms with van der Waals surface area (Å²) in [6.45, 7) is 4.80. The van der Waals surface area contributed by atoms with Gasteiger partial charge in [0.2, 0.25) is 0 Å². The molecule has 3 aromatic carbocycles. The molecule has 14 nitrogen and oxygen atoms in total. The van der Waals surface area contributed by atoms with E-state index in [9.17, 15) is 32.9 Å². The smallest absolute Gasteiger partial charge is 0.422 e.